The van der Waals surface area contributed by atoms with E-state index in [1.165, 1.54) is 11.8 Å². The first-order valence-corrected chi connectivity index (χ1v) is 11.8. The molecule has 0 aliphatic carbocycles. The zero-order valence-corrected chi connectivity index (χ0v) is 17.3. The summed E-state index contributed by atoms with van der Waals surface area (Å²) >= 11 is 1.22. The minimum Gasteiger partial charge on any atom is -0.416 e. The second-order valence-corrected chi connectivity index (χ2v) is 10.8. The Kier molecular flexibility index (Phi) is 5.05. The van der Waals surface area contributed by atoms with Gasteiger partial charge in [0, 0.05) is 28.6 Å². The van der Waals surface area contributed by atoms with Crippen molar-refractivity contribution in [2.75, 3.05) is 11.5 Å². The van der Waals surface area contributed by atoms with Crippen LogP contribution in [0.1, 0.15) is 35.3 Å². The third-order valence-electron chi connectivity index (χ3n) is 5.03. The average Bonchev–Trinajstić information content (AvgIpc) is 3.31. The number of H-pyrrole nitrogens is 1. The zero-order valence-electron chi connectivity index (χ0n) is 15.6. The van der Waals surface area contributed by atoms with E-state index in [1.54, 1.807) is 0 Å². The van der Waals surface area contributed by atoms with Gasteiger partial charge in [0.1, 0.15) is 0 Å². The lowest BCUT2D eigenvalue weighted by atomic mass is 10.1. The van der Waals surface area contributed by atoms with Crippen LogP contribution in [0.5, 0.6) is 0 Å². The summed E-state index contributed by atoms with van der Waals surface area (Å²) in [5.41, 5.74) is 2.46. The molecule has 0 radical (unpaired) electrons. The van der Waals surface area contributed by atoms with Crippen LogP contribution >= 0.6 is 11.8 Å². The molecule has 2 aromatic heterocycles. The van der Waals surface area contributed by atoms with Crippen LogP contribution < -0.4 is 0 Å². The number of aryl methyl sites for hydroxylation is 1. The first-order valence-electron chi connectivity index (χ1n) is 9.13. The Bertz CT molecular complexity index is 1130. The molecule has 1 saturated heterocycles. The molecule has 28 heavy (non-hydrogen) atoms. The van der Waals surface area contributed by atoms with Crippen molar-refractivity contribution in [2.45, 2.75) is 37.2 Å². The summed E-state index contributed by atoms with van der Waals surface area (Å²) in [5, 5.41) is 8.89. The molecule has 148 valence electrons. The highest BCUT2D eigenvalue weighted by molar-refractivity contribution is 8.00. The van der Waals surface area contributed by atoms with E-state index in [0.29, 0.717) is 29.5 Å². The standard InChI is InChI=1S/C19H21N3O4S2/c1-11-17(14-5-3-4-6-15(14)20-11)18(23)12(2)27-19-22-21-16(26-19)9-13-7-8-28(24,25)10-13/h3-6,12-13,20H,7-10H2,1-2H3/t12-,13-/m0/s1. The molecule has 3 aromatic rings. The van der Waals surface area contributed by atoms with E-state index in [1.807, 2.05) is 38.1 Å². The van der Waals surface area contributed by atoms with E-state index in [-0.39, 0.29) is 23.2 Å². The predicted octanol–water partition coefficient (Wildman–Crippen LogP) is 3.20. The topological polar surface area (TPSA) is 106 Å². The molecule has 1 aromatic carbocycles. The molecule has 3 heterocycles. The van der Waals surface area contributed by atoms with Crippen LogP contribution in [0.2, 0.25) is 0 Å². The van der Waals surface area contributed by atoms with Crippen molar-refractivity contribution < 1.29 is 17.6 Å². The molecule has 9 heteroatoms. The smallest absolute Gasteiger partial charge is 0.277 e. The van der Waals surface area contributed by atoms with Gasteiger partial charge in [-0.1, -0.05) is 30.0 Å². The molecule has 1 N–H and O–H groups in total. The Labute approximate surface area is 167 Å². The number of carbonyl (C=O) groups is 1. The highest BCUT2D eigenvalue weighted by atomic mass is 32.2. The molecule has 0 bridgehead atoms. The van der Waals surface area contributed by atoms with Crippen molar-refractivity contribution in [2.24, 2.45) is 5.92 Å². The van der Waals surface area contributed by atoms with Crippen LogP contribution in [0.25, 0.3) is 10.9 Å². The van der Waals surface area contributed by atoms with E-state index in [2.05, 4.69) is 15.2 Å². The molecule has 7 nitrogen and oxygen atoms in total. The lowest BCUT2D eigenvalue weighted by Crippen LogP contribution is -2.14. The van der Waals surface area contributed by atoms with Crippen molar-refractivity contribution >= 4 is 38.3 Å². The molecule has 1 aliphatic rings. The lowest BCUT2D eigenvalue weighted by Gasteiger charge is -2.08. The zero-order chi connectivity index (χ0) is 19.9. The summed E-state index contributed by atoms with van der Waals surface area (Å²) in [6.07, 6.45) is 1.08. The number of para-hydroxylation sites is 1. The van der Waals surface area contributed by atoms with Crippen LogP contribution in [-0.2, 0) is 16.3 Å². The maximum atomic E-state index is 13.0. The summed E-state index contributed by atoms with van der Waals surface area (Å²) < 4.78 is 28.8. The Morgan fingerprint density at radius 2 is 2.14 bits per heavy atom. The number of Topliss-reactive ketones (excluding diaryl/α,β-unsaturated/α-hetero) is 1. The van der Waals surface area contributed by atoms with Crippen molar-refractivity contribution in [3.63, 3.8) is 0 Å². The first kappa shape index (κ1) is 19.2. The fourth-order valence-corrected chi connectivity index (χ4v) is 6.27. The summed E-state index contributed by atoms with van der Waals surface area (Å²) in [6, 6.07) is 7.73. The van der Waals surface area contributed by atoms with Gasteiger partial charge in [0.25, 0.3) is 5.22 Å². The fraction of sp³-hybridized carbons (Fsp3) is 0.421. The highest BCUT2D eigenvalue weighted by Gasteiger charge is 2.30. The second-order valence-electron chi connectivity index (χ2n) is 7.23. The number of fused-ring (bicyclic) bond motifs is 1. The van der Waals surface area contributed by atoms with Crippen LogP contribution in [0.3, 0.4) is 0 Å². The van der Waals surface area contributed by atoms with Gasteiger partial charge in [-0.25, -0.2) is 8.42 Å². The van der Waals surface area contributed by atoms with E-state index in [0.717, 1.165) is 16.6 Å². The van der Waals surface area contributed by atoms with Crippen LogP contribution in [0, 0.1) is 12.8 Å². The third-order valence-corrected chi connectivity index (χ3v) is 7.80. The number of nitrogens with zero attached hydrogens (tertiary/aromatic N) is 2. The Morgan fingerprint density at radius 3 is 2.89 bits per heavy atom. The van der Waals surface area contributed by atoms with E-state index < -0.39 is 15.1 Å². The SMILES string of the molecule is Cc1[nH]c2ccccc2c1C(=O)[C@H](C)Sc1nnc(C[C@@H]2CCS(=O)(=O)C2)o1. The van der Waals surface area contributed by atoms with E-state index in [9.17, 15) is 13.2 Å². The van der Waals surface area contributed by atoms with Gasteiger partial charge < -0.3 is 9.40 Å². The predicted molar refractivity (Wildman–Crippen MR) is 107 cm³/mol. The summed E-state index contributed by atoms with van der Waals surface area (Å²) in [7, 11) is -2.93. The number of ketones is 1. The second kappa shape index (κ2) is 7.36. The number of sulfone groups is 1. The number of hydrogen-bond acceptors (Lipinski definition) is 7. The van der Waals surface area contributed by atoms with Gasteiger partial charge in [-0.15, -0.1) is 10.2 Å². The average molecular weight is 420 g/mol. The van der Waals surface area contributed by atoms with Gasteiger partial charge in [-0.05, 0) is 32.3 Å². The van der Waals surface area contributed by atoms with Crippen molar-refractivity contribution in [1.82, 2.24) is 15.2 Å². The minimum atomic E-state index is -2.93. The van der Waals surface area contributed by atoms with Crippen LogP contribution in [0.15, 0.2) is 33.9 Å². The number of benzene rings is 1. The summed E-state index contributed by atoms with van der Waals surface area (Å²) in [4.78, 5) is 16.3. The molecule has 0 amide bonds. The maximum Gasteiger partial charge on any atom is 0.277 e. The highest BCUT2D eigenvalue weighted by Crippen LogP contribution is 2.30. The van der Waals surface area contributed by atoms with Crippen molar-refractivity contribution in [1.29, 1.82) is 0 Å². The van der Waals surface area contributed by atoms with E-state index in [4.69, 9.17) is 4.42 Å². The maximum absolute atomic E-state index is 13.0. The summed E-state index contributed by atoms with van der Waals surface area (Å²) in [6.45, 7) is 3.71. The first-order chi connectivity index (χ1) is 13.3. The third kappa shape index (κ3) is 3.86. The number of aromatic nitrogens is 3. The quantitative estimate of drug-likeness (QED) is 0.483. The monoisotopic (exact) mass is 419 g/mol. The molecular weight excluding hydrogens is 398 g/mol. The van der Waals surface area contributed by atoms with Gasteiger partial charge >= 0.3 is 0 Å². The summed E-state index contributed by atoms with van der Waals surface area (Å²) in [5.74, 6) is 0.848. The van der Waals surface area contributed by atoms with Gasteiger partial charge in [0.15, 0.2) is 15.6 Å². The van der Waals surface area contributed by atoms with Gasteiger partial charge in [-0.2, -0.15) is 0 Å². The number of aromatic amines is 1. The fourth-order valence-electron chi connectivity index (χ4n) is 3.65. The number of carbonyl (C=O) groups excluding carboxylic acids is 1. The van der Waals surface area contributed by atoms with Crippen molar-refractivity contribution in [3.8, 4) is 0 Å². The van der Waals surface area contributed by atoms with Crippen molar-refractivity contribution in [3.05, 3.63) is 41.4 Å². The molecular formula is C19H21N3O4S2. The van der Waals surface area contributed by atoms with Gasteiger partial charge in [-0.3, -0.25) is 4.79 Å². The lowest BCUT2D eigenvalue weighted by molar-refractivity contribution is 0.0994. The van der Waals surface area contributed by atoms with Gasteiger partial charge in [0.2, 0.25) is 5.89 Å². The Morgan fingerprint density at radius 1 is 1.36 bits per heavy atom. The minimum absolute atomic E-state index is 0.00147. The molecule has 0 spiro atoms. The molecule has 4 rings (SSSR count). The Balaban J connectivity index is 1.45. The van der Waals surface area contributed by atoms with Gasteiger partial charge in [0.05, 0.1) is 16.8 Å². The number of thioether (sulfide) groups is 1. The molecule has 1 fully saturated rings. The molecule has 0 saturated carbocycles. The van der Waals surface area contributed by atoms with E-state index >= 15 is 0 Å². The molecule has 1 aliphatic heterocycles. The van der Waals surface area contributed by atoms with Crippen LogP contribution in [-0.4, -0.2) is 46.1 Å². The van der Waals surface area contributed by atoms with Crippen LogP contribution in [0.4, 0.5) is 0 Å². The normalized spacial score (nSPS) is 19.9. The molecule has 2 atom stereocenters. The number of rotatable bonds is 6. The Hall–Kier alpha value is -2.13. The number of hydrogen-bond donors (Lipinski definition) is 1. The molecule has 0 unspecified atom stereocenters. The number of nitrogens with one attached hydrogen (secondary N) is 1. The largest absolute Gasteiger partial charge is 0.416 e.